The SMILES string of the molecule is CN=C(NC)NCCN(C)C(=O)OC(C)(C)C. The van der Waals surface area contributed by atoms with Gasteiger partial charge in [-0.15, -0.1) is 0 Å². The maximum absolute atomic E-state index is 11.6. The van der Waals surface area contributed by atoms with Crippen LogP contribution in [0.3, 0.4) is 0 Å². The van der Waals surface area contributed by atoms with E-state index in [1.165, 1.54) is 4.90 Å². The molecule has 6 heteroatoms. The number of nitrogens with one attached hydrogen (secondary N) is 2. The van der Waals surface area contributed by atoms with Gasteiger partial charge in [0.15, 0.2) is 5.96 Å². The largest absolute Gasteiger partial charge is 0.444 e. The lowest BCUT2D eigenvalue weighted by atomic mass is 10.2. The van der Waals surface area contributed by atoms with Crippen molar-refractivity contribution >= 4 is 12.1 Å². The Bertz CT molecular complexity index is 271. The lowest BCUT2D eigenvalue weighted by Crippen LogP contribution is -2.42. The second-order valence-electron chi connectivity index (χ2n) is 4.65. The van der Waals surface area contributed by atoms with E-state index in [4.69, 9.17) is 4.74 Å². The molecule has 0 radical (unpaired) electrons. The minimum absolute atomic E-state index is 0.321. The zero-order chi connectivity index (χ0) is 13.5. The topological polar surface area (TPSA) is 66.0 Å². The molecule has 0 fully saturated rings. The van der Waals surface area contributed by atoms with Gasteiger partial charge in [-0.3, -0.25) is 4.99 Å². The number of guanidine groups is 1. The molecule has 2 N–H and O–H groups in total. The number of ether oxygens (including phenoxy) is 1. The van der Waals surface area contributed by atoms with Crippen LogP contribution in [0.4, 0.5) is 4.79 Å². The summed E-state index contributed by atoms with van der Waals surface area (Å²) in [6, 6.07) is 0. The fraction of sp³-hybridized carbons (Fsp3) is 0.818. The van der Waals surface area contributed by atoms with Crippen LogP contribution < -0.4 is 10.6 Å². The van der Waals surface area contributed by atoms with Crippen molar-refractivity contribution in [2.24, 2.45) is 4.99 Å². The summed E-state index contributed by atoms with van der Waals surface area (Å²) in [6.07, 6.45) is -0.321. The molecule has 0 aliphatic rings. The summed E-state index contributed by atoms with van der Waals surface area (Å²) in [5.74, 6) is 0.697. The number of hydrogen-bond donors (Lipinski definition) is 2. The molecule has 0 atom stereocenters. The molecule has 0 spiro atoms. The van der Waals surface area contributed by atoms with Crippen molar-refractivity contribution in [3.8, 4) is 0 Å². The molecular formula is C11H24N4O2. The first-order chi connectivity index (χ1) is 7.80. The smallest absolute Gasteiger partial charge is 0.410 e. The molecule has 100 valence electrons. The summed E-state index contributed by atoms with van der Waals surface area (Å²) in [5.41, 5.74) is -0.459. The van der Waals surface area contributed by atoms with Gasteiger partial charge in [0.05, 0.1) is 0 Å². The van der Waals surface area contributed by atoms with Crippen LogP contribution in [-0.2, 0) is 4.74 Å². The number of nitrogens with zero attached hydrogens (tertiary/aromatic N) is 2. The van der Waals surface area contributed by atoms with Gasteiger partial charge in [0.2, 0.25) is 0 Å². The lowest BCUT2D eigenvalue weighted by molar-refractivity contribution is 0.0302. The minimum Gasteiger partial charge on any atom is -0.444 e. The Morgan fingerprint density at radius 1 is 1.41 bits per heavy atom. The number of carbonyl (C=O) groups excluding carboxylic acids is 1. The van der Waals surface area contributed by atoms with Crippen LogP contribution in [0.2, 0.25) is 0 Å². The first kappa shape index (κ1) is 15.5. The van der Waals surface area contributed by atoms with E-state index in [-0.39, 0.29) is 6.09 Å². The molecular weight excluding hydrogens is 220 g/mol. The van der Waals surface area contributed by atoms with Crippen LogP contribution in [0, 0.1) is 0 Å². The highest BCUT2D eigenvalue weighted by atomic mass is 16.6. The van der Waals surface area contributed by atoms with E-state index < -0.39 is 5.60 Å². The molecule has 0 aliphatic carbocycles. The molecule has 0 rings (SSSR count). The van der Waals surface area contributed by atoms with E-state index in [0.29, 0.717) is 19.0 Å². The Kier molecular flexibility index (Phi) is 6.38. The maximum atomic E-state index is 11.6. The molecule has 0 saturated carbocycles. The fourth-order valence-electron chi connectivity index (χ4n) is 1.05. The predicted octanol–water partition coefficient (Wildman–Crippen LogP) is 0.648. The van der Waals surface area contributed by atoms with E-state index in [0.717, 1.165) is 0 Å². The highest BCUT2D eigenvalue weighted by molar-refractivity contribution is 5.79. The van der Waals surface area contributed by atoms with E-state index in [1.807, 2.05) is 20.8 Å². The third-order valence-electron chi connectivity index (χ3n) is 1.91. The van der Waals surface area contributed by atoms with Crippen molar-refractivity contribution in [3.05, 3.63) is 0 Å². The lowest BCUT2D eigenvalue weighted by Gasteiger charge is -2.24. The Balaban J connectivity index is 3.94. The number of aliphatic imine (C=N–C) groups is 1. The van der Waals surface area contributed by atoms with Crippen molar-refractivity contribution in [2.75, 3.05) is 34.2 Å². The van der Waals surface area contributed by atoms with Crippen molar-refractivity contribution in [1.29, 1.82) is 0 Å². The first-order valence-corrected chi connectivity index (χ1v) is 5.62. The van der Waals surface area contributed by atoms with Gasteiger partial charge < -0.3 is 20.3 Å². The molecule has 0 aromatic heterocycles. The van der Waals surface area contributed by atoms with Gasteiger partial charge in [-0.25, -0.2) is 4.79 Å². The van der Waals surface area contributed by atoms with Gasteiger partial charge in [0.25, 0.3) is 0 Å². The van der Waals surface area contributed by atoms with Crippen molar-refractivity contribution in [1.82, 2.24) is 15.5 Å². The van der Waals surface area contributed by atoms with E-state index in [2.05, 4.69) is 15.6 Å². The van der Waals surface area contributed by atoms with Gasteiger partial charge in [0.1, 0.15) is 5.60 Å². The quantitative estimate of drug-likeness (QED) is 0.565. The fourth-order valence-corrected chi connectivity index (χ4v) is 1.05. The van der Waals surface area contributed by atoms with Gasteiger partial charge in [-0.1, -0.05) is 0 Å². The summed E-state index contributed by atoms with van der Waals surface area (Å²) in [4.78, 5) is 17.1. The third kappa shape index (κ3) is 7.43. The first-order valence-electron chi connectivity index (χ1n) is 5.62. The van der Waals surface area contributed by atoms with Crippen molar-refractivity contribution in [3.63, 3.8) is 0 Å². The second kappa shape index (κ2) is 6.98. The van der Waals surface area contributed by atoms with Crippen LogP contribution in [0.15, 0.2) is 4.99 Å². The number of hydrogen-bond acceptors (Lipinski definition) is 3. The number of rotatable bonds is 3. The zero-order valence-corrected chi connectivity index (χ0v) is 11.6. The van der Waals surface area contributed by atoms with Crippen molar-refractivity contribution in [2.45, 2.75) is 26.4 Å². The monoisotopic (exact) mass is 244 g/mol. The van der Waals surface area contributed by atoms with Crippen LogP contribution in [0.1, 0.15) is 20.8 Å². The maximum Gasteiger partial charge on any atom is 0.410 e. The molecule has 0 aromatic carbocycles. The van der Waals surface area contributed by atoms with E-state index >= 15 is 0 Å². The summed E-state index contributed by atoms with van der Waals surface area (Å²) in [5, 5.41) is 5.95. The summed E-state index contributed by atoms with van der Waals surface area (Å²) >= 11 is 0. The highest BCUT2D eigenvalue weighted by Gasteiger charge is 2.19. The summed E-state index contributed by atoms with van der Waals surface area (Å²) < 4.78 is 5.22. The molecule has 0 aliphatic heterocycles. The average molecular weight is 244 g/mol. The van der Waals surface area contributed by atoms with Crippen LogP contribution in [-0.4, -0.2) is 56.8 Å². The molecule has 17 heavy (non-hydrogen) atoms. The molecule has 0 aromatic rings. The highest BCUT2D eigenvalue weighted by Crippen LogP contribution is 2.08. The second-order valence-corrected chi connectivity index (χ2v) is 4.65. The van der Waals surface area contributed by atoms with Crippen LogP contribution >= 0.6 is 0 Å². The Labute approximate surface area is 103 Å². The molecule has 6 nitrogen and oxygen atoms in total. The van der Waals surface area contributed by atoms with E-state index in [9.17, 15) is 4.79 Å². The molecule has 0 heterocycles. The number of amides is 1. The molecule has 0 unspecified atom stereocenters. The summed E-state index contributed by atoms with van der Waals surface area (Å²) in [7, 11) is 5.18. The third-order valence-corrected chi connectivity index (χ3v) is 1.91. The van der Waals surface area contributed by atoms with Crippen LogP contribution in [0.5, 0.6) is 0 Å². The predicted molar refractivity (Wildman–Crippen MR) is 69.3 cm³/mol. The average Bonchev–Trinajstić information content (AvgIpc) is 2.21. The normalized spacial score (nSPS) is 12.0. The summed E-state index contributed by atoms with van der Waals surface area (Å²) in [6.45, 7) is 6.71. The Morgan fingerprint density at radius 3 is 2.41 bits per heavy atom. The Morgan fingerprint density at radius 2 is 2.00 bits per heavy atom. The van der Waals surface area contributed by atoms with E-state index in [1.54, 1.807) is 21.1 Å². The van der Waals surface area contributed by atoms with Crippen LogP contribution in [0.25, 0.3) is 0 Å². The zero-order valence-electron chi connectivity index (χ0n) is 11.6. The Hall–Kier alpha value is -1.46. The van der Waals surface area contributed by atoms with Gasteiger partial charge >= 0.3 is 6.09 Å². The minimum atomic E-state index is -0.459. The molecule has 1 amide bonds. The standard InChI is InChI=1S/C11H24N4O2/c1-11(2,3)17-10(16)15(6)8-7-14-9(12-4)13-5/h7-8H2,1-6H3,(H2,12,13,14). The number of carbonyl (C=O) groups is 1. The molecule has 0 saturated heterocycles. The van der Waals surface area contributed by atoms with Gasteiger partial charge in [-0.2, -0.15) is 0 Å². The van der Waals surface area contributed by atoms with Crippen molar-refractivity contribution < 1.29 is 9.53 Å². The molecule has 0 bridgehead atoms. The van der Waals surface area contributed by atoms with Gasteiger partial charge in [0, 0.05) is 34.2 Å². The number of likely N-dealkylation sites (N-methyl/N-ethyl adjacent to an activating group) is 1. The van der Waals surface area contributed by atoms with Gasteiger partial charge in [-0.05, 0) is 20.8 Å².